The van der Waals surface area contributed by atoms with E-state index < -0.39 is 12.0 Å². The number of hydrogen-bond acceptors (Lipinski definition) is 4. The molecule has 1 fully saturated rings. The van der Waals surface area contributed by atoms with Crippen molar-refractivity contribution in [1.82, 2.24) is 14.8 Å². The molecule has 6 nitrogen and oxygen atoms in total. The Morgan fingerprint density at radius 2 is 2.30 bits per heavy atom. The average molecular weight is 295 g/mol. The molecular formula is C13H17N3O3S. The number of amides is 2. The zero-order valence-corrected chi connectivity index (χ0v) is 12.3. The van der Waals surface area contributed by atoms with E-state index in [1.807, 2.05) is 25.1 Å². The summed E-state index contributed by atoms with van der Waals surface area (Å²) in [4.78, 5) is 30.6. The summed E-state index contributed by atoms with van der Waals surface area (Å²) in [5.41, 5.74) is 1.68. The standard InChI is InChI=1S/C13H17N3O3S/c1-9-4-3-5-10(14-9)6-15(2)13(19)16-8-20-7-11(16)12(17)18/h3-5,11H,6-8H2,1-2H3,(H,17,18)/t11-/m0/s1. The van der Waals surface area contributed by atoms with E-state index in [4.69, 9.17) is 5.11 Å². The lowest BCUT2D eigenvalue weighted by molar-refractivity contribution is -0.140. The number of thioether (sulfide) groups is 1. The van der Waals surface area contributed by atoms with E-state index in [2.05, 4.69) is 4.98 Å². The number of aliphatic carboxylic acids is 1. The SMILES string of the molecule is Cc1cccc(CN(C)C(=O)N2CSC[C@H]2C(=O)O)n1. The minimum atomic E-state index is -0.953. The van der Waals surface area contributed by atoms with Gasteiger partial charge in [-0.3, -0.25) is 4.98 Å². The van der Waals surface area contributed by atoms with Crippen LogP contribution < -0.4 is 0 Å². The Balaban J connectivity index is 2.03. The molecule has 0 bridgehead atoms. The Bertz CT molecular complexity index is 523. The van der Waals surface area contributed by atoms with Crippen LogP contribution >= 0.6 is 11.8 Å². The zero-order chi connectivity index (χ0) is 14.7. The Morgan fingerprint density at radius 3 is 2.95 bits per heavy atom. The van der Waals surface area contributed by atoms with Gasteiger partial charge in [0.2, 0.25) is 0 Å². The van der Waals surface area contributed by atoms with Gasteiger partial charge in [0.15, 0.2) is 0 Å². The number of aryl methyl sites for hydroxylation is 1. The summed E-state index contributed by atoms with van der Waals surface area (Å²) in [7, 11) is 1.66. The fraction of sp³-hybridized carbons (Fsp3) is 0.462. The first-order chi connectivity index (χ1) is 9.49. The molecule has 1 N–H and O–H groups in total. The molecule has 1 saturated heterocycles. The van der Waals surface area contributed by atoms with Gasteiger partial charge >= 0.3 is 12.0 Å². The van der Waals surface area contributed by atoms with E-state index in [-0.39, 0.29) is 6.03 Å². The Labute approximate surface area is 121 Å². The predicted octanol–water partition coefficient (Wildman–Crippen LogP) is 1.40. The summed E-state index contributed by atoms with van der Waals surface area (Å²) in [6.07, 6.45) is 0. The van der Waals surface area contributed by atoms with Gasteiger partial charge in [-0.25, -0.2) is 9.59 Å². The van der Waals surface area contributed by atoms with Crippen molar-refractivity contribution in [1.29, 1.82) is 0 Å². The highest BCUT2D eigenvalue weighted by Gasteiger charge is 2.35. The van der Waals surface area contributed by atoms with Crippen LogP contribution in [0.15, 0.2) is 18.2 Å². The normalized spacial score (nSPS) is 18.1. The molecule has 0 aliphatic carbocycles. The van der Waals surface area contributed by atoms with Gasteiger partial charge in [-0.2, -0.15) is 0 Å². The average Bonchev–Trinajstić information content (AvgIpc) is 2.87. The van der Waals surface area contributed by atoms with Crippen LogP contribution in [0.1, 0.15) is 11.4 Å². The second-order valence-corrected chi connectivity index (χ2v) is 5.73. The van der Waals surface area contributed by atoms with Crippen molar-refractivity contribution in [2.75, 3.05) is 18.7 Å². The van der Waals surface area contributed by atoms with E-state index in [9.17, 15) is 9.59 Å². The van der Waals surface area contributed by atoms with Gasteiger partial charge in [0, 0.05) is 18.5 Å². The monoisotopic (exact) mass is 295 g/mol. The summed E-state index contributed by atoms with van der Waals surface area (Å²) in [5, 5.41) is 9.10. The number of nitrogens with zero attached hydrogens (tertiary/aromatic N) is 3. The van der Waals surface area contributed by atoms with Crippen molar-refractivity contribution in [3.8, 4) is 0 Å². The summed E-state index contributed by atoms with van der Waals surface area (Å²) < 4.78 is 0. The maximum Gasteiger partial charge on any atom is 0.327 e. The number of carbonyl (C=O) groups excluding carboxylic acids is 1. The minimum absolute atomic E-state index is 0.272. The van der Waals surface area contributed by atoms with Gasteiger partial charge < -0.3 is 14.9 Å². The van der Waals surface area contributed by atoms with Crippen LogP contribution in [0.2, 0.25) is 0 Å². The third-order valence-electron chi connectivity index (χ3n) is 3.08. The number of hydrogen-bond donors (Lipinski definition) is 1. The second kappa shape index (κ2) is 6.13. The molecular weight excluding hydrogens is 278 g/mol. The van der Waals surface area contributed by atoms with Crippen LogP contribution in [0.3, 0.4) is 0 Å². The van der Waals surface area contributed by atoms with E-state index in [0.717, 1.165) is 11.4 Å². The molecule has 1 aliphatic rings. The number of aromatic nitrogens is 1. The van der Waals surface area contributed by atoms with Crippen molar-refractivity contribution in [3.63, 3.8) is 0 Å². The molecule has 2 heterocycles. The van der Waals surface area contributed by atoms with Crippen LogP contribution in [0.5, 0.6) is 0 Å². The van der Waals surface area contributed by atoms with Gasteiger partial charge in [0.1, 0.15) is 6.04 Å². The van der Waals surface area contributed by atoms with Gasteiger partial charge in [-0.1, -0.05) is 6.07 Å². The Morgan fingerprint density at radius 1 is 1.55 bits per heavy atom. The molecule has 1 aliphatic heterocycles. The summed E-state index contributed by atoms with van der Waals surface area (Å²) in [5.74, 6) is -0.0932. The first kappa shape index (κ1) is 14.6. The number of carboxylic acid groups (broad SMARTS) is 1. The molecule has 1 aromatic heterocycles. The maximum atomic E-state index is 12.3. The van der Waals surface area contributed by atoms with E-state index in [1.54, 1.807) is 7.05 Å². The molecule has 0 radical (unpaired) electrons. The van der Waals surface area contributed by atoms with E-state index in [1.165, 1.54) is 21.6 Å². The molecule has 20 heavy (non-hydrogen) atoms. The van der Waals surface area contributed by atoms with E-state index >= 15 is 0 Å². The van der Waals surface area contributed by atoms with Crippen molar-refractivity contribution in [2.24, 2.45) is 0 Å². The first-order valence-corrected chi connectivity index (χ1v) is 7.39. The maximum absolute atomic E-state index is 12.3. The Kier molecular flexibility index (Phi) is 4.49. The molecule has 1 atom stereocenters. The molecule has 1 aromatic rings. The third kappa shape index (κ3) is 3.22. The van der Waals surface area contributed by atoms with Gasteiger partial charge in [-0.15, -0.1) is 11.8 Å². The minimum Gasteiger partial charge on any atom is -0.480 e. The molecule has 0 aromatic carbocycles. The topological polar surface area (TPSA) is 73.7 Å². The number of carboxylic acids is 1. The van der Waals surface area contributed by atoms with Crippen LogP contribution in [0.25, 0.3) is 0 Å². The molecule has 2 amide bonds. The van der Waals surface area contributed by atoms with Gasteiger partial charge in [0.25, 0.3) is 0 Å². The van der Waals surface area contributed by atoms with Crippen LogP contribution in [-0.2, 0) is 11.3 Å². The van der Waals surface area contributed by atoms with Crippen molar-refractivity contribution in [3.05, 3.63) is 29.6 Å². The molecule has 2 rings (SSSR count). The summed E-state index contributed by atoms with van der Waals surface area (Å²) in [6.45, 7) is 2.26. The van der Waals surface area contributed by atoms with Crippen LogP contribution in [0.4, 0.5) is 4.79 Å². The third-order valence-corrected chi connectivity index (χ3v) is 4.10. The highest BCUT2D eigenvalue weighted by molar-refractivity contribution is 7.99. The zero-order valence-electron chi connectivity index (χ0n) is 11.4. The van der Waals surface area contributed by atoms with Crippen LogP contribution in [0, 0.1) is 6.92 Å². The number of carbonyl (C=O) groups is 2. The first-order valence-electron chi connectivity index (χ1n) is 6.24. The lowest BCUT2D eigenvalue weighted by atomic mass is 10.3. The van der Waals surface area contributed by atoms with Crippen molar-refractivity contribution >= 4 is 23.8 Å². The van der Waals surface area contributed by atoms with Crippen LogP contribution in [-0.4, -0.2) is 56.6 Å². The largest absolute Gasteiger partial charge is 0.480 e. The highest BCUT2D eigenvalue weighted by Crippen LogP contribution is 2.22. The second-order valence-electron chi connectivity index (χ2n) is 4.73. The smallest absolute Gasteiger partial charge is 0.327 e. The lowest BCUT2D eigenvalue weighted by Crippen LogP contribution is -2.47. The fourth-order valence-electron chi connectivity index (χ4n) is 2.05. The predicted molar refractivity (Wildman–Crippen MR) is 76.4 cm³/mol. The van der Waals surface area contributed by atoms with Gasteiger partial charge in [0.05, 0.1) is 18.1 Å². The Hall–Kier alpha value is -1.76. The summed E-state index contributed by atoms with van der Waals surface area (Å²) >= 11 is 1.46. The molecule has 7 heteroatoms. The molecule has 0 spiro atoms. The van der Waals surface area contributed by atoms with Crippen molar-refractivity contribution < 1.29 is 14.7 Å². The quantitative estimate of drug-likeness (QED) is 0.912. The molecule has 0 saturated carbocycles. The number of pyridine rings is 1. The highest BCUT2D eigenvalue weighted by atomic mass is 32.2. The van der Waals surface area contributed by atoms with Gasteiger partial charge in [-0.05, 0) is 19.1 Å². The number of urea groups is 1. The summed E-state index contributed by atoms with van der Waals surface area (Å²) in [6, 6.07) is 4.63. The molecule has 108 valence electrons. The molecule has 0 unspecified atom stereocenters. The van der Waals surface area contributed by atoms with E-state index in [0.29, 0.717) is 18.2 Å². The lowest BCUT2D eigenvalue weighted by Gasteiger charge is -2.26. The number of rotatable bonds is 3. The van der Waals surface area contributed by atoms with Crippen molar-refractivity contribution in [2.45, 2.75) is 19.5 Å². The fourth-order valence-corrected chi connectivity index (χ4v) is 3.19.